The van der Waals surface area contributed by atoms with Crippen LogP contribution in [0, 0.1) is 18.7 Å². The van der Waals surface area contributed by atoms with Crippen LogP contribution in [-0.4, -0.2) is 56.1 Å². The van der Waals surface area contributed by atoms with E-state index in [1.54, 1.807) is 19.1 Å². The van der Waals surface area contributed by atoms with E-state index in [1.165, 1.54) is 11.0 Å². The van der Waals surface area contributed by atoms with Crippen LogP contribution in [0.1, 0.15) is 23.6 Å². The largest absolute Gasteiger partial charge is 0.379 e. The number of carbonyl (C=O) groups excluding carboxylic acids is 2. The first-order valence-electron chi connectivity index (χ1n) is 10.8. The predicted molar refractivity (Wildman–Crippen MR) is 121 cm³/mol. The van der Waals surface area contributed by atoms with Crippen LogP contribution in [0.2, 0.25) is 5.02 Å². The highest BCUT2D eigenvalue weighted by molar-refractivity contribution is 6.31. The van der Waals surface area contributed by atoms with E-state index in [-0.39, 0.29) is 36.5 Å². The molecule has 1 N–H and O–H groups in total. The lowest BCUT2D eigenvalue weighted by molar-refractivity contribution is -0.126. The number of nitrogens with one attached hydrogen (secondary N) is 1. The molecule has 2 atom stereocenters. The van der Waals surface area contributed by atoms with Crippen molar-refractivity contribution in [2.24, 2.45) is 5.92 Å². The number of morpholine rings is 1. The van der Waals surface area contributed by atoms with E-state index in [1.807, 2.05) is 24.3 Å². The molecule has 2 heterocycles. The van der Waals surface area contributed by atoms with E-state index in [2.05, 4.69) is 10.2 Å². The Hall–Kier alpha value is -2.48. The van der Waals surface area contributed by atoms with Crippen molar-refractivity contribution in [2.75, 3.05) is 44.3 Å². The van der Waals surface area contributed by atoms with Gasteiger partial charge in [0.05, 0.1) is 30.9 Å². The Bertz CT molecular complexity index is 996. The highest BCUT2D eigenvalue weighted by Gasteiger charge is 2.36. The monoisotopic (exact) mass is 459 g/mol. The lowest BCUT2D eigenvalue weighted by Gasteiger charge is -2.35. The van der Waals surface area contributed by atoms with Crippen molar-refractivity contribution in [1.82, 2.24) is 10.2 Å². The van der Waals surface area contributed by atoms with Crippen LogP contribution in [0.15, 0.2) is 42.5 Å². The molecule has 0 spiro atoms. The van der Waals surface area contributed by atoms with E-state index in [0.717, 1.165) is 24.2 Å². The van der Waals surface area contributed by atoms with Gasteiger partial charge in [-0.15, -0.1) is 0 Å². The van der Waals surface area contributed by atoms with E-state index in [0.29, 0.717) is 24.8 Å². The van der Waals surface area contributed by atoms with Gasteiger partial charge in [-0.2, -0.15) is 0 Å². The maximum atomic E-state index is 14.4. The van der Waals surface area contributed by atoms with Crippen molar-refractivity contribution in [1.29, 1.82) is 0 Å². The number of hydrogen-bond donors (Lipinski definition) is 1. The fourth-order valence-electron chi connectivity index (χ4n) is 4.36. The second-order valence-corrected chi connectivity index (χ2v) is 8.70. The SMILES string of the molecule is Cc1ccc(N2CC(C(=O)NCC(c3ccccc3Cl)N3CCOCC3)CC2=O)c(F)c1. The topological polar surface area (TPSA) is 61.9 Å². The van der Waals surface area contributed by atoms with Crippen molar-refractivity contribution < 1.29 is 18.7 Å². The lowest BCUT2D eigenvalue weighted by atomic mass is 10.0. The maximum absolute atomic E-state index is 14.4. The van der Waals surface area contributed by atoms with Crippen molar-refractivity contribution in [3.8, 4) is 0 Å². The number of aryl methyl sites for hydroxylation is 1. The molecule has 0 radical (unpaired) electrons. The summed E-state index contributed by atoms with van der Waals surface area (Å²) in [5.41, 5.74) is 1.95. The van der Waals surface area contributed by atoms with Gasteiger partial charge in [0.1, 0.15) is 5.82 Å². The third-order valence-electron chi connectivity index (χ3n) is 6.11. The molecule has 2 aliphatic rings. The molecule has 32 heavy (non-hydrogen) atoms. The number of rotatable bonds is 6. The third-order valence-corrected chi connectivity index (χ3v) is 6.45. The Morgan fingerprint density at radius 1 is 1.25 bits per heavy atom. The van der Waals surface area contributed by atoms with Crippen LogP contribution in [0.5, 0.6) is 0 Å². The standard InChI is InChI=1S/C24H27ClFN3O3/c1-16-6-7-21(20(26)12-16)29-15-17(13-23(29)30)24(31)27-14-22(28-8-10-32-11-9-28)18-4-2-3-5-19(18)25/h2-7,12,17,22H,8-11,13-15H2,1H3,(H,27,31). The summed E-state index contributed by atoms with van der Waals surface area (Å²) in [7, 11) is 0. The van der Waals surface area contributed by atoms with Gasteiger partial charge in [-0.05, 0) is 36.2 Å². The molecule has 2 aromatic carbocycles. The first-order chi connectivity index (χ1) is 15.4. The molecule has 2 aromatic rings. The van der Waals surface area contributed by atoms with Gasteiger partial charge in [-0.1, -0.05) is 35.9 Å². The summed E-state index contributed by atoms with van der Waals surface area (Å²) in [6.07, 6.45) is 0.0630. The molecular weight excluding hydrogens is 433 g/mol. The molecule has 0 saturated carbocycles. The molecule has 4 rings (SSSR count). The summed E-state index contributed by atoms with van der Waals surface area (Å²) in [4.78, 5) is 29.1. The van der Waals surface area contributed by atoms with Crippen molar-refractivity contribution in [3.05, 3.63) is 64.4 Å². The van der Waals surface area contributed by atoms with Gasteiger partial charge in [-0.3, -0.25) is 14.5 Å². The molecular formula is C24H27ClFN3O3. The highest BCUT2D eigenvalue weighted by Crippen LogP contribution is 2.30. The first-order valence-corrected chi connectivity index (χ1v) is 11.2. The van der Waals surface area contributed by atoms with E-state index >= 15 is 0 Å². The lowest BCUT2D eigenvalue weighted by Crippen LogP contribution is -2.45. The quantitative estimate of drug-likeness (QED) is 0.719. The van der Waals surface area contributed by atoms with Gasteiger partial charge in [-0.25, -0.2) is 4.39 Å². The van der Waals surface area contributed by atoms with Crippen LogP contribution in [0.3, 0.4) is 0 Å². The molecule has 0 bridgehead atoms. The van der Waals surface area contributed by atoms with Crippen molar-refractivity contribution in [2.45, 2.75) is 19.4 Å². The zero-order valence-corrected chi connectivity index (χ0v) is 18.8. The molecule has 2 fully saturated rings. The summed E-state index contributed by atoms with van der Waals surface area (Å²) >= 11 is 6.46. The molecule has 0 aromatic heterocycles. The Kier molecular flexibility index (Phi) is 7.08. The molecule has 2 unspecified atom stereocenters. The van der Waals surface area contributed by atoms with Crippen molar-refractivity contribution in [3.63, 3.8) is 0 Å². The van der Waals surface area contributed by atoms with Gasteiger partial charge >= 0.3 is 0 Å². The summed E-state index contributed by atoms with van der Waals surface area (Å²) < 4.78 is 19.8. The van der Waals surface area contributed by atoms with E-state index < -0.39 is 11.7 Å². The minimum atomic E-state index is -0.528. The third kappa shape index (κ3) is 4.95. The Labute approximate surface area is 192 Å². The van der Waals surface area contributed by atoms with Gasteiger partial charge in [0, 0.05) is 37.6 Å². The smallest absolute Gasteiger partial charge is 0.227 e. The van der Waals surface area contributed by atoms with Crippen LogP contribution >= 0.6 is 11.6 Å². The molecule has 6 nitrogen and oxygen atoms in total. The fourth-order valence-corrected chi connectivity index (χ4v) is 4.62. The van der Waals surface area contributed by atoms with E-state index in [9.17, 15) is 14.0 Å². The molecule has 0 aliphatic carbocycles. The Morgan fingerprint density at radius 2 is 2.00 bits per heavy atom. The van der Waals surface area contributed by atoms with Crippen LogP contribution in [0.4, 0.5) is 10.1 Å². The second-order valence-electron chi connectivity index (χ2n) is 8.29. The van der Waals surface area contributed by atoms with E-state index in [4.69, 9.17) is 16.3 Å². The first kappa shape index (κ1) is 22.7. The van der Waals surface area contributed by atoms with Crippen molar-refractivity contribution >= 4 is 29.1 Å². The van der Waals surface area contributed by atoms with Crippen LogP contribution in [-0.2, 0) is 14.3 Å². The Morgan fingerprint density at radius 3 is 2.72 bits per heavy atom. The molecule has 170 valence electrons. The zero-order valence-electron chi connectivity index (χ0n) is 18.0. The number of carbonyl (C=O) groups is 2. The summed E-state index contributed by atoms with van der Waals surface area (Å²) in [5.74, 6) is -1.44. The van der Waals surface area contributed by atoms with Crippen LogP contribution in [0.25, 0.3) is 0 Å². The average Bonchev–Trinajstić information content (AvgIpc) is 3.17. The minimum Gasteiger partial charge on any atom is -0.379 e. The number of nitrogens with zero attached hydrogens (tertiary/aromatic N) is 2. The molecule has 2 amide bonds. The summed E-state index contributed by atoms with van der Waals surface area (Å²) in [6.45, 7) is 5.07. The van der Waals surface area contributed by atoms with Gasteiger partial charge in [0.25, 0.3) is 0 Å². The molecule has 2 saturated heterocycles. The van der Waals surface area contributed by atoms with Gasteiger partial charge < -0.3 is 15.0 Å². The van der Waals surface area contributed by atoms with Crippen LogP contribution < -0.4 is 10.2 Å². The highest BCUT2D eigenvalue weighted by atomic mass is 35.5. The summed E-state index contributed by atoms with van der Waals surface area (Å²) in [5, 5.41) is 3.66. The fraction of sp³-hybridized carbons (Fsp3) is 0.417. The predicted octanol–water partition coefficient (Wildman–Crippen LogP) is 3.33. The molecule has 8 heteroatoms. The normalized spacial score (nSPS) is 20.4. The number of anilines is 1. The zero-order chi connectivity index (χ0) is 22.7. The average molecular weight is 460 g/mol. The number of hydrogen-bond acceptors (Lipinski definition) is 4. The van der Waals surface area contributed by atoms with Gasteiger partial charge in [0.15, 0.2) is 0 Å². The van der Waals surface area contributed by atoms with Gasteiger partial charge in [0.2, 0.25) is 11.8 Å². The Balaban J connectivity index is 1.44. The number of benzene rings is 2. The number of ether oxygens (including phenoxy) is 1. The number of halogens is 2. The number of amides is 2. The molecule has 2 aliphatic heterocycles. The summed E-state index contributed by atoms with van der Waals surface area (Å²) in [6, 6.07) is 12.3. The maximum Gasteiger partial charge on any atom is 0.227 e. The second kappa shape index (κ2) is 9.98. The minimum absolute atomic E-state index is 0.0630.